The van der Waals surface area contributed by atoms with Crippen LogP contribution in [0, 0.1) is 0 Å². The number of halogens is 3. The Morgan fingerprint density at radius 1 is 1.25 bits per heavy atom. The van der Waals surface area contributed by atoms with Crippen LogP contribution in [0.2, 0.25) is 25.7 Å². The molecule has 8 heteroatoms. The third-order valence-electron chi connectivity index (χ3n) is 2.26. The molecule has 0 aliphatic heterocycles. The van der Waals surface area contributed by atoms with E-state index in [1.54, 1.807) is 0 Å². The smallest absolute Gasteiger partial charge is 0.393 e. The van der Waals surface area contributed by atoms with Crippen molar-refractivity contribution in [1.82, 2.24) is 0 Å². The van der Waals surface area contributed by atoms with E-state index < -0.39 is 38.2 Å². The van der Waals surface area contributed by atoms with Crippen molar-refractivity contribution in [1.29, 1.82) is 0 Å². The molecule has 0 bridgehead atoms. The first-order valence-electron chi connectivity index (χ1n) is 6.08. The van der Waals surface area contributed by atoms with Gasteiger partial charge in [0.2, 0.25) is 0 Å². The third kappa shape index (κ3) is 10.6. The van der Waals surface area contributed by atoms with E-state index in [2.05, 4.69) is 19.6 Å². The van der Waals surface area contributed by atoms with Crippen LogP contribution in [0.25, 0.3) is 0 Å². The van der Waals surface area contributed by atoms with Gasteiger partial charge in [0.25, 0.3) is 0 Å². The molecule has 0 rings (SSSR count). The number of hydrogen-bond donors (Lipinski definition) is 1. The maximum atomic E-state index is 12.2. The minimum atomic E-state index is -4.65. The molecule has 0 unspecified atom stereocenters. The van der Waals surface area contributed by atoms with Gasteiger partial charge in [-0.1, -0.05) is 25.7 Å². The summed E-state index contributed by atoms with van der Waals surface area (Å²) in [7, 11) is -1.30. The number of carbonyl (C=O) groups is 2. The van der Waals surface area contributed by atoms with E-state index in [4.69, 9.17) is 9.84 Å². The SMILES string of the molecule is C[Si](C)(C)CCCOC(=O)C(=CC(=O)O)CC(F)(F)F. The molecule has 0 atom stereocenters. The summed E-state index contributed by atoms with van der Waals surface area (Å²) < 4.78 is 41.4. The Morgan fingerprint density at radius 2 is 1.80 bits per heavy atom. The molecule has 0 aromatic heterocycles. The lowest BCUT2D eigenvalue weighted by Gasteiger charge is -2.15. The quantitative estimate of drug-likeness (QED) is 0.339. The fourth-order valence-corrected chi connectivity index (χ4v) is 2.61. The molecule has 0 heterocycles. The van der Waals surface area contributed by atoms with Crippen molar-refractivity contribution in [3.63, 3.8) is 0 Å². The first-order chi connectivity index (χ1) is 8.91. The monoisotopic (exact) mass is 312 g/mol. The number of carbonyl (C=O) groups excluding carboxylic acids is 1. The van der Waals surface area contributed by atoms with E-state index in [9.17, 15) is 22.8 Å². The van der Waals surface area contributed by atoms with Gasteiger partial charge in [0, 0.05) is 14.1 Å². The van der Waals surface area contributed by atoms with Gasteiger partial charge in [-0.2, -0.15) is 13.2 Å². The summed E-state index contributed by atoms with van der Waals surface area (Å²) in [6.45, 7) is 6.36. The average molecular weight is 312 g/mol. The van der Waals surface area contributed by atoms with Crippen LogP contribution in [0.15, 0.2) is 11.6 Å². The number of rotatable bonds is 7. The molecule has 116 valence electrons. The van der Waals surface area contributed by atoms with Gasteiger partial charge in [0.05, 0.1) is 18.6 Å². The van der Waals surface area contributed by atoms with Gasteiger partial charge in [-0.05, 0) is 6.42 Å². The summed E-state index contributed by atoms with van der Waals surface area (Å²) in [5.74, 6) is -2.83. The zero-order valence-electron chi connectivity index (χ0n) is 11.7. The van der Waals surface area contributed by atoms with Crippen molar-refractivity contribution < 1.29 is 32.6 Å². The Morgan fingerprint density at radius 3 is 2.20 bits per heavy atom. The normalized spacial score (nSPS) is 13.2. The fraction of sp³-hybridized carbons (Fsp3) is 0.667. The largest absolute Gasteiger partial charge is 0.478 e. The highest BCUT2D eigenvalue weighted by atomic mass is 28.3. The van der Waals surface area contributed by atoms with Crippen LogP contribution in [0.1, 0.15) is 12.8 Å². The molecule has 20 heavy (non-hydrogen) atoms. The van der Waals surface area contributed by atoms with Crippen LogP contribution >= 0.6 is 0 Å². The lowest BCUT2D eigenvalue weighted by molar-refractivity contribution is -0.148. The zero-order chi connectivity index (χ0) is 16.0. The standard InChI is InChI=1S/C12H19F3O4Si/c1-20(2,3)6-4-5-19-11(18)9(7-10(16)17)8-12(13,14)15/h7H,4-6,8H2,1-3H3,(H,16,17). The van der Waals surface area contributed by atoms with E-state index in [1.165, 1.54) is 0 Å². The molecule has 0 aromatic rings. The Balaban J connectivity index is 4.47. The molecule has 0 amide bonds. The molecule has 0 spiro atoms. The van der Waals surface area contributed by atoms with Crippen LogP contribution in [-0.2, 0) is 14.3 Å². The first kappa shape index (κ1) is 18.7. The molecule has 0 aliphatic carbocycles. The number of carboxylic acid groups (broad SMARTS) is 1. The minimum Gasteiger partial charge on any atom is -0.478 e. The van der Waals surface area contributed by atoms with Crippen LogP contribution in [0.3, 0.4) is 0 Å². The fourth-order valence-electron chi connectivity index (χ4n) is 1.41. The third-order valence-corrected chi connectivity index (χ3v) is 4.11. The summed E-state index contributed by atoms with van der Waals surface area (Å²) in [6.07, 6.45) is -5.45. The minimum absolute atomic E-state index is 0.00206. The Hall–Kier alpha value is -1.31. The molecule has 0 saturated carbocycles. The Labute approximate surface area is 116 Å². The molecular weight excluding hydrogens is 293 g/mol. The number of aliphatic carboxylic acids is 1. The lowest BCUT2D eigenvalue weighted by atomic mass is 10.1. The molecule has 0 fully saturated rings. The predicted octanol–water partition coefficient (Wildman–Crippen LogP) is 3.22. The average Bonchev–Trinajstić information content (AvgIpc) is 2.19. The number of ether oxygens (including phenoxy) is 1. The van der Waals surface area contributed by atoms with Crippen LogP contribution in [0.5, 0.6) is 0 Å². The topological polar surface area (TPSA) is 63.6 Å². The van der Waals surface area contributed by atoms with Crippen molar-refractivity contribution in [3.8, 4) is 0 Å². The molecule has 0 radical (unpaired) electrons. The maximum absolute atomic E-state index is 12.2. The van der Waals surface area contributed by atoms with Crippen molar-refractivity contribution in [2.75, 3.05) is 6.61 Å². The summed E-state index contributed by atoms with van der Waals surface area (Å²) in [5.41, 5.74) is -0.891. The number of esters is 1. The van der Waals surface area contributed by atoms with Gasteiger partial charge in [-0.25, -0.2) is 9.59 Å². The van der Waals surface area contributed by atoms with E-state index >= 15 is 0 Å². The second-order valence-corrected chi connectivity index (χ2v) is 11.2. The first-order valence-corrected chi connectivity index (χ1v) is 9.79. The van der Waals surface area contributed by atoms with E-state index in [-0.39, 0.29) is 12.7 Å². The van der Waals surface area contributed by atoms with Crippen LogP contribution in [0.4, 0.5) is 13.2 Å². The van der Waals surface area contributed by atoms with Gasteiger partial charge in [0.1, 0.15) is 0 Å². The summed E-state index contributed by atoms with van der Waals surface area (Å²) in [6, 6.07) is 0.873. The molecule has 0 saturated heterocycles. The summed E-state index contributed by atoms with van der Waals surface area (Å²) in [5, 5.41) is 8.46. The van der Waals surface area contributed by atoms with Crippen molar-refractivity contribution in [3.05, 3.63) is 11.6 Å². The molecular formula is C12H19F3O4Si. The van der Waals surface area contributed by atoms with Gasteiger partial charge in [0.15, 0.2) is 0 Å². The number of hydrogen-bond acceptors (Lipinski definition) is 3. The van der Waals surface area contributed by atoms with E-state index in [0.717, 1.165) is 6.04 Å². The lowest BCUT2D eigenvalue weighted by Crippen LogP contribution is -2.21. The highest BCUT2D eigenvalue weighted by Gasteiger charge is 2.32. The predicted molar refractivity (Wildman–Crippen MR) is 70.1 cm³/mol. The highest BCUT2D eigenvalue weighted by molar-refractivity contribution is 6.76. The van der Waals surface area contributed by atoms with Gasteiger partial charge in [-0.3, -0.25) is 0 Å². The molecule has 1 N–H and O–H groups in total. The van der Waals surface area contributed by atoms with Crippen molar-refractivity contribution in [2.45, 2.75) is 44.7 Å². The maximum Gasteiger partial charge on any atom is 0.393 e. The van der Waals surface area contributed by atoms with Crippen molar-refractivity contribution >= 4 is 20.0 Å². The van der Waals surface area contributed by atoms with Gasteiger partial charge >= 0.3 is 18.1 Å². The second kappa shape index (κ2) is 7.46. The summed E-state index contributed by atoms with van der Waals surface area (Å²) >= 11 is 0. The second-order valence-electron chi connectivity index (χ2n) is 5.60. The van der Waals surface area contributed by atoms with Crippen molar-refractivity contribution in [2.24, 2.45) is 0 Å². The van der Waals surface area contributed by atoms with Crippen LogP contribution < -0.4 is 0 Å². The van der Waals surface area contributed by atoms with E-state index in [0.29, 0.717) is 6.42 Å². The highest BCUT2D eigenvalue weighted by Crippen LogP contribution is 2.25. The number of alkyl halides is 3. The van der Waals surface area contributed by atoms with Crippen LogP contribution in [-0.4, -0.2) is 37.9 Å². The molecule has 0 aliphatic rings. The van der Waals surface area contributed by atoms with Gasteiger partial charge < -0.3 is 9.84 Å². The summed E-state index contributed by atoms with van der Waals surface area (Å²) in [4.78, 5) is 21.9. The zero-order valence-corrected chi connectivity index (χ0v) is 12.7. The molecule has 0 aromatic carbocycles. The Bertz CT molecular complexity index is 383. The van der Waals surface area contributed by atoms with Gasteiger partial charge in [-0.15, -0.1) is 0 Å². The van der Waals surface area contributed by atoms with E-state index in [1.807, 2.05) is 0 Å². The number of carboxylic acids is 1. The Kier molecular flexibility index (Phi) is 6.97. The molecule has 4 nitrogen and oxygen atoms in total.